The first-order valence-corrected chi connectivity index (χ1v) is 12.1. The first kappa shape index (κ1) is 27.0. The third kappa shape index (κ3) is 4.88. The van der Waals surface area contributed by atoms with Crippen LogP contribution in [0.4, 0.5) is 0 Å². The number of esters is 1. The van der Waals surface area contributed by atoms with Crippen molar-refractivity contribution in [3.05, 3.63) is 57.9 Å². The molecular weight excluding hydrogens is 462 g/mol. The monoisotopic (exact) mass is 497 g/mol. The smallest absolute Gasteiger partial charge is 0.354 e. The number of Topliss-reactive ketones (excluding diaryl/α,β-unsaturated/α-hetero) is 1. The van der Waals surface area contributed by atoms with Crippen molar-refractivity contribution < 1.29 is 29.0 Å². The number of hydrogen-bond donors (Lipinski definition) is 2. The van der Waals surface area contributed by atoms with Crippen molar-refractivity contribution in [2.45, 2.75) is 40.2 Å². The summed E-state index contributed by atoms with van der Waals surface area (Å²) in [5, 5.41) is 11.5. The predicted molar refractivity (Wildman–Crippen MR) is 136 cm³/mol. The number of nitrogens with one attached hydrogen (secondary N) is 1. The van der Waals surface area contributed by atoms with Gasteiger partial charge in [-0.2, -0.15) is 0 Å². The van der Waals surface area contributed by atoms with Crippen LogP contribution in [-0.4, -0.2) is 77.9 Å². The Balaban J connectivity index is 2.16. The van der Waals surface area contributed by atoms with E-state index in [1.54, 1.807) is 38.1 Å². The van der Waals surface area contributed by atoms with Crippen LogP contribution >= 0.6 is 0 Å². The SMILES string of the molecule is CCN(CC)CCCN1C(=O)C(=O)C(=C(O)c2c(C)[nH]c(C(=O)OC)c2C)[C@H]1c1ccccc1OC. The highest BCUT2D eigenvalue weighted by molar-refractivity contribution is 6.46. The fourth-order valence-corrected chi connectivity index (χ4v) is 4.88. The van der Waals surface area contributed by atoms with E-state index in [0.29, 0.717) is 41.1 Å². The van der Waals surface area contributed by atoms with E-state index in [0.717, 1.165) is 19.6 Å². The van der Waals surface area contributed by atoms with Crippen molar-refractivity contribution >= 4 is 23.4 Å². The van der Waals surface area contributed by atoms with E-state index < -0.39 is 23.7 Å². The summed E-state index contributed by atoms with van der Waals surface area (Å²) in [6.45, 7) is 10.4. The number of aryl methyl sites for hydroxylation is 1. The van der Waals surface area contributed by atoms with Crippen LogP contribution in [0.1, 0.15) is 59.2 Å². The molecule has 3 rings (SSSR count). The number of para-hydroxylation sites is 1. The molecule has 1 atom stereocenters. The zero-order valence-corrected chi connectivity index (χ0v) is 21.8. The molecule has 1 amide bonds. The maximum atomic E-state index is 13.4. The Labute approximate surface area is 211 Å². The number of methoxy groups -OCH3 is 2. The topological polar surface area (TPSA) is 112 Å². The predicted octanol–water partition coefficient (Wildman–Crippen LogP) is 3.58. The number of aromatic nitrogens is 1. The third-order valence-corrected chi connectivity index (χ3v) is 6.81. The lowest BCUT2D eigenvalue weighted by molar-refractivity contribution is -0.140. The number of amides is 1. The summed E-state index contributed by atoms with van der Waals surface area (Å²) in [7, 11) is 2.79. The highest BCUT2D eigenvalue weighted by atomic mass is 16.5. The molecule has 1 aliphatic rings. The average Bonchev–Trinajstić information content (AvgIpc) is 3.32. The summed E-state index contributed by atoms with van der Waals surface area (Å²) in [6.07, 6.45) is 0.662. The van der Waals surface area contributed by atoms with Gasteiger partial charge in [0.1, 0.15) is 17.2 Å². The van der Waals surface area contributed by atoms with E-state index in [-0.39, 0.29) is 17.0 Å². The molecule has 1 aromatic heterocycles. The number of carbonyl (C=O) groups excluding carboxylic acids is 3. The van der Waals surface area contributed by atoms with Crippen molar-refractivity contribution in [3.8, 4) is 5.75 Å². The Bertz CT molecular complexity index is 1180. The van der Waals surface area contributed by atoms with Gasteiger partial charge in [-0.3, -0.25) is 9.59 Å². The molecule has 2 aromatic rings. The van der Waals surface area contributed by atoms with Crippen molar-refractivity contribution in [2.24, 2.45) is 0 Å². The number of hydrogen-bond acceptors (Lipinski definition) is 7. The van der Waals surface area contributed by atoms with Gasteiger partial charge >= 0.3 is 5.97 Å². The second-order valence-electron chi connectivity index (χ2n) is 8.73. The molecule has 0 unspecified atom stereocenters. The first-order chi connectivity index (χ1) is 17.2. The van der Waals surface area contributed by atoms with Crippen molar-refractivity contribution in [2.75, 3.05) is 40.4 Å². The lowest BCUT2D eigenvalue weighted by Crippen LogP contribution is -2.33. The number of likely N-dealkylation sites (tertiary alicyclic amines) is 1. The highest BCUT2D eigenvalue weighted by Crippen LogP contribution is 2.43. The molecule has 0 aliphatic carbocycles. The van der Waals surface area contributed by atoms with Crippen LogP contribution in [0, 0.1) is 13.8 Å². The Kier molecular flexibility index (Phi) is 8.57. The molecule has 0 radical (unpaired) electrons. The molecule has 36 heavy (non-hydrogen) atoms. The van der Waals surface area contributed by atoms with Gasteiger partial charge in [-0.25, -0.2) is 4.79 Å². The quantitative estimate of drug-likeness (QED) is 0.223. The van der Waals surface area contributed by atoms with Crippen molar-refractivity contribution in [1.82, 2.24) is 14.8 Å². The van der Waals surface area contributed by atoms with Gasteiger partial charge in [0.25, 0.3) is 11.7 Å². The van der Waals surface area contributed by atoms with E-state index in [9.17, 15) is 19.5 Å². The summed E-state index contributed by atoms with van der Waals surface area (Å²) in [5.74, 6) is -1.87. The molecule has 0 spiro atoms. The van der Waals surface area contributed by atoms with Gasteiger partial charge in [0.05, 0.1) is 25.8 Å². The summed E-state index contributed by atoms with van der Waals surface area (Å²) in [5.41, 5.74) is 1.96. The van der Waals surface area contributed by atoms with E-state index >= 15 is 0 Å². The summed E-state index contributed by atoms with van der Waals surface area (Å²) in [6, 6.07) is 6.31. The van der Waals surface area contributed by atoms with Gasteiger partial charge in [0, 0.05) is 23.4 Å². The maximum Gasteiger partial charge on any atom is 0.354 e. The lowest BCUT2D eigenvalue weighted by atomic mass is 9.93. The highest BCUT2D eigenvalue weighted by Gasteiger charge is 2.47. The third-order valence-electron chi connectivity index (χ3n) is 6.81. The molecule has 9 heteroatoms. The largest absolute Gasteiger partial charge is 0.507 e. The van der Waals surface area contributed by atoms with Crippen molar-refractivity contribution in [3.63, 3.8) is 0 Å². The second kappa shape index (κ2) is 11.4. The van der Waals surface area contributed by atoms with Crippen molar-refractivity contribution in [1.29, 1.82) is 0 Å². The van der Waals surface area contributed by atoms with Gasteiger partial charge in [0.15, 0.2) is 0 Å². The molecule has 1 aromatic carbocycles. The number of benzene rings is 1. The van der Waals surface area contributed by atoms with Gasteiger partial charge in [-0.15, -0.1) is 0 Å². The van der Waals surface area contributed by atoms with Gasteiger partial charge in [-0.1, -0.05) is 32.0 Å². The van der Waals surface area contributed by atoms with Crippen LogP contribution in [0.25, 0.3) is 5.76 Å². The molecule has 1 saturated heterocycles. The van der Waals surface area contributed by atoms with E-state index in [1.807, 2.05) is 0 Å². The summed E-state index contributed by atoms with van der Waals surface area (Å²) in [4.78, 5) is 45.5. The van der Waals surface area contributed by atoms with E-state index in [1.165, 1.54) is 19.1 Å². The molecule has 0 saturated carbocycles. The maximum absolute atomic E-state index is 13.4. The molecule has 2 N–H and O–H groups in total. The zero-order valence-electron chi connectivity index (χ0n) is 21.8. The average molecular weight is 498 g/mol. The van der Waals surface area contributed by atoms with Crippen LogP contribution in [0.3, 0.4) is 0 Å². The number of rotatable bonds is 10. The minimum Gasteiger partial charge on any atom is -0.507 e. The number of ketones is 1. The first-order valence-electron chi connectivity index (χ1n) is 12.1. The Morgan fingerprint density at radius 1 is 1.14 bits per heavy atom. The van der Waals surface area contributed by atoms with E-state index in [2.05, 4.69) is 23.7 Å². The zero-order chi connectivity index (χ0) is 26.6. The fourth-order valence-electron chi connectivity index (χ4n) is 4.88. The number of ether oxygens (including phenoxy) is 2. The molecular formula is C27H35N3O6. The van der Waals surface area contributed by atoms with Crippen LogP contribution in [-0.2, 0) is 14.3 Å². The fraction of sp³-hybridized carbons (Fsp3) is 0.444. The standard InChI is InChI=1S/C27H35N3O6/c1-7-29(8-2)14-11-15-30-23(18-12-9-10-13-19(18)35-5)21(25(32)26(30)33)24(31)20-16(3)22(27(34)36-6)28-17(20)4/h9-10,12-13,23,28,31H,7-8,11,14-15H2,1-6H3/t23-/m1/s1. The second-order valence-corrected chi connectivity index (χ2v) is 8.73. The molecule has 0 bridgehead atoms. The number of nitrogens with zero attached hydrogens (tertiary/aromatic N) is 2. The Morgan fingerprint density at radius 2 is 1.81 bits per heavy atom. The van der Waals surface area contributed by atoms with Crippen LogP contribution in [0.2, 0.25) is 0 Å². The number of aliphatic hydroxyl groups is 1. The summed E-state index contributed by atoms with van der Waals surface area (Å²) < 4.78 is 10.4. The minimum absolute atomic E-state index is 0.0334. The number of H-pyrrole nitrogens is 1. The minimum atomic E-state index is -0.840. The molecule has 194 valence electrons. The Hall–Kier alpha value is -3.59. The number of carbonyl (C=O) groups is 3. The lowest BCUT2D eigenvalue weighted by Gasteiger charge is -2.27. The molecule has 9 nitrogen and oxygen atoms in total. The number of aliphatic hydroxyl groups excluding tert-OH is 1. The summed E-state index contributed by atoms with van der Waals surface area (Å²) >= 11 is 0. The van der Waals surface area contributed by atoms with E-state index in [4.69, 9.17) is 9.47 Å². The molecule has 1 aliphatic heterocycles. The van der Waals surface area contributed by atoms with Gasteiger partial charge < -0.3 is 29.4 Å². The van der Waals surface area contributed by atoms with Crippen LogP contribution < -0.4 is 4.74 Å². The van der Waals surface area contributed by atoms with Crippen LogP contribution in [0.15, 0.2) is 29.8 Å². The Morgan fingerprint density at radius 3 is 2.42 bits per heavy atom. The molecule has 2 heterocycles. The normalized spacial score (nSPS) is 17.2. The van der Waals surface area contributed by atoms with Gasteiger partial charge in [0.2, 0.25) is 0 Å². The number of aromatic amines is 1. The van der Waals surface area contributed by atoms with Gasteiger partial charge in [-0.05, 0) is 51.5 Å². The van der Waals surface area contributed by atoms with Crippen LogP contribution in [0.5, 0.6) is 5.75 Å². The molecule has 1 fully saturated rings.